The predicted octanol–water partition coefficient (Wildman–Crippen LogP) is 8.66. The van der Waals surface area contributed by atoms with Crippen LogP contribution in [0.4, 0.5) is 80.3 Å². The summed E-state index contributed by atoms with van der Waals surface area (Å²) in [6, 6.07) is 2.56. The minimum atomic E-state index is -9.05. The third kappa shape index (κ3) is 6.58. The summed E-state index contributed by atoms with van der Waals surface area (Å²) >= 11 is 5.92. The highest BCUT2D eigenvalue weighted by molar-refractivity contribution is 7.88. The monoisotopic (exact) mass is 856 g/mol. The molecule has 0 spiro atoms. The molecule has 1 aliphatic heterocycles. The lowest BCUT2D eigenvalue weighted by Gasteiger charge is -2.42. The Labute approximate surface area is 294 Å². The normalized spacial score (nSPS) is 17.2. The molecule has 0 aliphatic carbocycles. The van der Waals surface area contributed by atoms with Crippen molar-refractivity contribution in [3.63, 3.8) is 0 Å². The highest BCUT2D eigenvalue weighted by Crippen LogP contribution is 2.64. The van der Waals surface area contributed by atoms with Crippen LogP contribution in [0.5, 0.6) is 11.5 Å². The zero-order valence-electron chi connectivity index (χ0n) is 25.8. The topological polar surface area (TPSA) is 113 Å². The van der Waals surface area contributed by atoms with Crippen molar-refractivity contribution in [2.75, 3.05) is 11.9 Å². The molecule has 8 nitrogen and oxygen atoms in total. The lowest BCUT2D eigenvalue weighted by atomic mass is 9.91. The number of amides is 2. The number of nitrogens with one attached hydrogen (secondary N) is 1. The molecule has 1 heterocycles. The number of nitrogens with zero attached hydrogens (tertiary/aromatic N) is 1. The fraction of sp³-hybridized carbons (Fsp3) is 0.481. The summed E-state index contributed by atoms with van der Waals surface area (Å²) in [6.07, 6.45) is -7.40. The van der Waals surface area contributed by atoms with Crippen LogP contribution in [0.15, 0.2) is 36.4 Å². The van der Waals surface area contributed by atoms with E-state index in [1.165, 1.54) is 12.1 Å². The number of benzene rings is 2. The van der Waals surface area contributed by atoms with Gasteiger partial charge in [-0.25, -0.2) is 0 Å². The smallest absolute Gasteiger partial charge is 0.460 e. The van der Waals surface area contributed by atoms with Crippen LogP contribution in [0.3, 0.4) is 0 Å². The van der Waals surface area contributed by atoms with Gasteiger partial charge in [0.25, 0.3) is 11.8 Å². The van der Waals surface area contributed by atoms with Crippen LogP contribution >= 0.6 is 11.6 Å². The summed E-state index contributed by atoms with van der Waals surface area (Å²) in [7, 11) is -8.07. The number of alkyl halides is 17. The standard InChI is InChI=1S/C27H18ClF17N2O6S/c1-2-3-8-47-17(18(49)46-14-6-5-12(28)10-13(14)19(47)50)11-4-7-16(15(48)9-11)53-54(51,52)27(44,45)25(39,40)23(35,36)21(31,32)20(29,30)22(33,34)24(37,38)26(41,42)43/h4-7,9-10,17,48H,2-3,8H2,1H3,(H,46,49). The van der Waals surface area contributed by atoms with Gasteiger partial charge in [0.2, 0.25) is 0 Å². The van der Waals surface area contributed by atoms with Crippen molar-refractivity contribution in [3.8, 4) is 11.5 Å². The Kier molecular flexibility index (Phi) is 11.2. The minimum absolute atomic E-state index is 0.0177. The maximum absolute atomic E-state index is 14.5. The molecule has 54 heavy (non-hydrogen) atoms. The summed E-state index contributed by atoms with van der Waals surface area (Å²) in [6.45, 7) is 1.41. The van der Waals surface area contributed by atoms with Gasteiger partial charge >= 0.3 is 57.1 Å². The van der Waals surface area contributed by atoms with Crippen LogP contribution in [-0.4, -0.2) is 83.7 Å². The van der Waals surface area contributed by atoms with Gasteiger partial charge in [0, 0.05) is 11.6 Å². The molecule has 0 saturated carbocycles. The van der Waals surface area contributed by atoms with E-state index in [9.17, 15) is 97.8 Å². The second-order valence-electron chi connectivity index (χ2n) is 11.2. The first-order chi connectivity index (χ1) is 24.1. The van der Waals surface area contributed by atoms with E-state index >= 15 is 0 Å². The van der Waals surface area contributed by atoms with Gasteiger partial charge in [-0.05, 0) is 42.3 Å². The van der Waals surface area contributed by atoms with Crippen LogP contribution in [0.25, 0.3) is 0 Å². The molecule has 0 aromatic heterocycles. The highest BCUT2D eigenvalue weighted by atomic mass is 35.5. The van der Waals surface area contributed by atoms with Crippen LogP contribution in [0.2, 0.25) is 5.02 Å². The highest BCUT2D eigenvalue weighted by Gasteiger charge is 2.96. The van der Waals surface area contributed by atoms with Crippen LogP contribution < -0.4 is 9.50 Å². The maximum atomic E-state index is 14.5. The number of halogens is 18. The van der Waals surface area contributed by atoms with Gasteiger partial charge in [-0.1, -0.05) is 31.0 Å². The summed E-state index contributed by atoms with van der Waals surface area (Å²) in [5.41, 5.74) is -0.819. The second-order valence-corrected chi connectivity index (χ2v) is 13.2. The number of hydrogen-bond acceptors (Lipinski definition) is 6. The summed E-state index contributed by atoms with van der Waals surface area (Å²) in [5, 5.41) is 4.62. The van der Waals surface area contributed by atoms with E-state index in [0.717, 1.165) is 11.0 Å². The van der Waals surface area contributed by atoms with Crippen molar-refractivity contribution in [2.45, 2.75) is 72.8 Å². The van der Waals surface area contributed by atoms with Crippen molar-refractivity contribution >= 4 is 39.2 Å². The van der Waals surface area contributed by atoms with Crippen molar-refractivity contribution in [1.82, 2.24) is 4.90 Å². The maximum Gasteiger partial charge on any atom is 0.460 e. The van der Waals surface area contributed by atoms with Gasteiger partial charge < -0.3 is 19.5 Å². The Balaban J connectivity index is 2.05. The number of carbonyl (C=O) groups is 2. The second kappa shape index (κ2) is 13.6. The molecule has 1 unspecified atom stereocenters. The third-order valence-electron chi connectivity index (χ3n) is 7.55. The fourth-order valence-corrected chi connectivity index (χ4v) is 5.66. The number of phenolic OH excluding ortho intramolecular Hbond substituents is 1. The third-order valence-corrected chi connectivity index (χ3v) is 9.07. The molecule has 1 aliphatic rings. The van der Waals surface area contributed by atoms with Gasteiger partial charge in [0.15, 0.2) is 11.5 Å². The average molecular weight is 857 g/mol. The Bertz CT molecular complexity index is 1910. The lowest BCUT2D eigenvalue weighted by Crippen LogP contribution is -2.75. The molecule has 2 N–H and O–H groups in total. The Morgan fingerprint density at radius 1 is 0.759 bits per heavy atom. The molecule has 0 saturated heterocycles. The van der Waals surface area contributed by atoms with Gasteiger partial charge in [0.1, 0.15) is 6.04 Å². The first-order valence-electron chi connectivity index (χ1n) is 14.0. The van der Waals surface area contributed by atoms with Gasteiger partial charge in [-0.2, -0.15) is 83.1 Å². The zero-order valence-corrected chi connectivity index (χ0v) is 27.4. The molecule has 2 aromatic carbocycles. The number of unbranched alkanes of at least 4 members (excludes halogenated alkanes) is 1. The first-order valence-corrected chi connectivity index (χ1v) is 15.8. The lowest BCUT2D eigenvalue weighted by molar-refractivity contribution is -0.458. The molecule has 0 bridgehead atoms. The quantitative estimate of drug-likeness (QED) is 0.154. The van der Waals surface area contributed by atoms with E-state index in [2.05, 4.69) is 9.50 Å². The number of hydrogen-bond donors (Lipinski definition) is 2. The van der Waals surface area contributed by atoms with Crippen LogP contribution in [0.1, 0.15) is 41.7 Å². The van der Waals surface area contributed by atoms with Crippen molar-refractivity contribution in [3.05, 3.63) is 52.5 Å². The van der Waals surface area contributed by atoms with E-state index < -0.39 is 92.0 Å². The number of carbonyl (C=O) groups excluding carboxylic acids is 2. The number of anilines is 1. The molecular formula is C27H18ClF17N2O6S. The zero-order chi connectivity index (χ0) is 42.1. The summed E-state index contributed by atoms with van der Waals surface area (Å²) in [4.78, 5) is 27.5. The fourth-order valence-electron chi connectivity index (χ4n) is 4.56. The number of fused-ring (bicyclic) bond motifs is 1. The number of phenols is 1. The number of rotatable bonds is 13. The minimum Gasteiger partial charge on any atom is -0.504 e. The van der Waals surface area contributed by atoms with E-state index in [0.29, 0.717) is 12.5 Å². The largest absolute Gasteiger partial charge is 0.504 e. The molecule has 2 aromatic rings. The van der Waals surface area contributed by atoms with Gasteiger partial charge in [-0.3, -0.25) is 9.59 Å². The van der Waals surface area contributed by atoms with Crippen molar-refractivity contribution < 1.29 is 102 Å². The van der Waals surface area contributed by atoms with Crippen LogP contribution in [0, 0.1) is 0 Å². The summed E-state index contributed by atoms with van der Waals surface area (Å²) in [5.74, 6) is -58.6. The molecule has 1 atom stereocenters. The molecular weight excluding hydrogens is 839 g/mol. The molecule has 2 amide bonds. The van der Waals surface area contributed by atoms with Crippen molar-refractivity contribution in [1.29, 1.82) is 0 Å². The Hall–Kier alpha value is -3.97. The molecule has 0 radical (unpaired) electrons. The first kappa shape index (κ1) is 44.4. The Morgan fingerprint density at radius 3 is 1.74 bits per heavy atom. The molecule has 0 fully saturated rings. The van der Waals surface area contributed by atoms with Gasteiger partial charge in [-0.15, -0.1) is 0 Å². The van der Waals surface area contributed by atoms with E-state index in [1.54, 1.807) is 6.92 Å². The van der Waals surface area contributed by atoms with E-state index in [4.69, 9.17) is 11.6 Å². The predicted molar refractivity (Wildman–Crippen MR) is 147 cm³/mol. The molecule has 3 rings (SSSR count). The van der Waals surface area contributed by atoms with E-state index in [-0.39, 0.29) is 41.4 Å². The van der Waals surface area contributed by atoms with Crippen LogP contribution in [-0.2, 0) is 14.9 Å². The van der Waals surface area contributed by atoms with Gasteiger partial charge in [0.05, 0.1) is 11.3 Å². The Morgan fingerprint density at radius 2 is 1.26 bits per heavy atom. The van der Waals surface area contributed by atoms with E-state index in [1.807, 2.05) is 0 Å². The number of aromatic hydroxyl groups is 1. The van der Waals surface area contributed by atoms with Crippen molar-refractivity contribution in [2.24, 2.45) is 0 Å². The average Bonchev–Trinajstić information content (AvgIpc) is 3.12. The molecule has 304 valence electrons. The summed E-state index contributed by atoms with van der Waals surface area (Å²) < 4.78 is 259. The SMILES string of the molecule is CCCCN1C(=O)c2cc(Cl)ccc2NC(=O)C1c1ccc(OS(=O)(=O)C(F)(F)C(F)(F)C(F)(F)C(F)(F)C(F)(F)C(F)(F)C(F)(F)C(F)(F)F)c(O)c1. The molecule has 27 heteroatoms.